The fourth-order valence-corrected chi connectivity index (χ4v) is 1.24. The van der Waals surface area contributed by atoms with Gasteiger partial charge in [-0.05, 0) is 26.2 Å². The highest BCUT2D eigenvalue weighted by Gasteiger charge is 2.15. The number of nitrogens with one attached hydrogen (secondary N) is 1. The highest BCUT2D eigenvalue weighted by Crippen LogP contribution is 2.10. The Balaban J connectivity index is 2.34. The van der Waals surface area contributed by atoms with Crippen LogP contribution in [0, 0.1) is 11.3 Å². The molecule has 1 fully saturated rings. The summed E-state index contributed by atoms with van der Waals surface area (Å²) < 4.78 is 0. The zero-order valence-corrected chi connectivity index (χ0v) is 5.72. The van der Waals surface area contributed by atoms with Gasteiger partial charge in [0.25, 0.3) is 0 Å². The van der Waals surface area contributed by atoms with Crippen molar-refractivity contribution in [1.29, 1.82) is 5.26 Å². The molecule has 0 saturated carbocycles. The summed E-state index contributed by atoms with van der Waals surface area (Å²) in [7, 11) is 0. The maximum absolute atomic E-state index is 8.50. The SMILES string of the molecule is CC1CCCC(C#N)N1. The lowest BCUT2D eigenvalue weighted by atomic mass is 10.0. The summed E-state index contributed by atoms with van der Waals surface area (Å²) in [5.74, 6) is 0. The van der Waals surface area contributed by atoms with Gasteiger partial charge in [0.05, 0.1) is 12.1 Å². The van der Waals surface area contributed by atoms with Crippen LogP contribution in [0.25, 0.3) is 0 Å². The Kier molecular flexibility index (Phi) is 2.07. The van der Waals surface area contributed by atoms with Crippen LogP contribution in [0.4, 0.5) is 0 Å². The number of nitriles is 1. The van der Waals surface area contributed by atoms with E-state index < -0.39 is 0 Å². The Morgan fingerprint density at radius 2 is 2.33 bits per heavy atom. The minimum absolute atomic E-state index is 0.119. The largest absolute Gasteiger partial charge is 0.299 e. The van der Waals surface area contributed by atoms with Crippen molar-refractivity contribution < 1.29 is 0 Å². The molecular formula is C7H12N2. The van der Waals surface area contributed by atoms with Crippen LogP contribution in [-0.4, -0.2) is 12.1 Å². The third kappa shape index (κ3) is 1.69. The summed E-state index contributed by atoms with van der Waals surface area (Å²) in [5, 5.41) is 11.7. The fourth-order valence-electron chi connectivity index (χ4n) is 1.24. The molecule has 50 valence electrons. The molecule has 0 aromatic rings. The molecule has 0 spiro atoms. The summed E-state index contributed by atoms with van der Waals surface area (Å²) in [6, 6.07) is 2.89. The van der Waals surface area contributed by atoms with Gasteiger partial charge in [-0.25, -0.2) is 0 Å². The molecule has 0 aromatic carbocycles. The number of hydrogen-bond acceptors (Lipinski definition) is 2. The van der Waals surface area contributed by atoms with Gasteiger partial charge in [-0.3, -0.25) is 5.32 Å². The molecule has 2 unspecified atom stereocenters. The Labute approximate surface area is 55.9 Å². The van der Waals surface area contributed by atoms with Crippen molar-refractivity contribution >= 4 is 0 Å². The number of piperidine rings is 1. The van der Waals surface area contributed by atoms with Gasteiger partial charge in [0.15, 0.2) is 0 Å². The van der Waals surface area contributed by atoms with Crippen LogP contribution < -0.4 is 5.32 Å². The summed E-state index contributed by atoms with van der Waals surface area (Å²) >= 11 is 0. The molecule has 1 rings (SSSR count). The standard InChI is InChI=1S/C7H12N2/c1-6-3-2-4-7(5-8)9-6/h6-7,9H,2-4H2,1H3. The molecular weight excluding hydrogens is 112 g/mol. The van der Waals surface area contributed by atoms with Crippen LogP contribution in [0.5, 0.6) is 0 Å². The molecule has 0 amide bonds. The van der Waals surface area contributed by atoms with Crippen molar-refractivity contribution in [2.24, 2.45) is 0 Å². The van der Waals surface area contributed by atoms with E-state index in [0.29, 0.717) is 6.04 Å². The summed E-state index contributed by atoms with van der Waals surface area (Å²) in [6.45, 7) is 2.13. The lowest BCUT2D eigenvalue weighted by molar-refractivity contribution is 0.380. The number of nitrogens with zero attached hydrogens (tertiary/aromatic N) is 1. The minimum Gasteiger partial charge on any atom is -0.299 e. The second-order valence-corrected chi connectivity index (χ2v) is 2.68. The molecule has 2 heteroatoms. The molecule has 1 aliphatic rings. The average molecular weight is 124 g/mol. The molecule has 9 heavy (non-hydrogen) atoms. The predicted molar refractivity (Wildman–Crippen MR) is 35.8 cm³/mol. The topological polar surface area (TPSA) is 35.8 Å². The van der Waals surface area contributed by atoms with Gasteiger partial charge in [-0.15, -0.1) is 0 Å². The van der Waals surface area contributed by atoms with Crippen LogP contribution in [0.3, 0.4) is 0 Å². The van der Waals surface area contributed by atoms with Gasteiger partial charge in [0.2, 0.25) is 0 Å². The molecule has 0 bridgehead atoms. The van der Waals surface area contributed by atoms with Crippen LogP contribution >= 0.6 is 0 Å². The lowest BCUT2D eigenvalue weighted by Gasteiger charge is -2.23. The van der Waals surface area contributed by atoms with Crippen molar-refractivity contribution in [3.8, 4) is 6.07 Å². The summed E-state index contributed by atoms with van der Waals surface area (Å²) in [5.41, 5.74) is 0. The zero-order chi connectivity index (χ0) is 6.69. The average Bonchev–Trinajstić information content (AvgIpc) is 1.88. The van der Waals surface area contributed by atoms with Gasteiger partial charge in [-0.2, -0.15) is 5.26 Å². The summed E-state index contributed by atoms with van der Waals surface area (Å²) in [4.78, 5) is 0. The van der Waals surface area contributed by atoms with Gasteiger partial charge < -0.3 is 0 Å². The van der Waals surface area contributed by atoms with E-state index in [9.17, 15) is 0 Å². The van der Waals surface area contributed by atoms with E-state index in [4.69, 9.17) is 5.26 Å². The zero-order valence-electron chi connectivity index (χ0n) is 5.72. The van der Waals surface area contributed by atoms with Crippen LogP contribution in [0.1, 0.15) is 26.2 Å². The number of hydrogen-bond donors (Lipinski definition) is 1. The van der Waals surface area contributed by atoms with E-state index in [1.807, 2.05) is 0 Å². The van der Waals surface area contributed by atoms with E-state index in [2.05, 4.69) is 18.3 Å². The monoisotopic (exact) mass is 124 g/mol. The van der Waals surface area contributed by atoms with E-state index in [1.54, 1.807) is 0 Å². The minimum atomic E-state index is 0.119. The van der Waals surface area contributed by atoms with Crippen molar-refractivity contribution in [1.82, 2.24) is 5.32 Å². The Morgan fingerprint density at radius 3 is 2.78 bits per heavy atom. The lowest BCUT2D eigenvalue weighted by Crippen LogP contribution is -2.39. The van der Waals surface area contributed by atoms with E-state index in [1.165, 1.54) is 12.8 Å². The molecule has 1 aliphatic heterocycles. The molecule has 2 nitrogen and oxygen atoms in total. The third-order valence-corrected chi connectivity index (χ3v) is 1.77. The first-order chi connectivity index (χ1) is 4.33. The molecule has 0 radical (unpaired) electrons. The molecule has 2 atom stereocenters. The van der Waals surface area contributed by atoms with Crippen LogP contribution in [0.15, 0.2) is 0 Å². The Hall–Kier alpha value is -0.550. The highest BCUT2D eigenvalue weighted by atomic mass is 14.9. The predicted octanol–water partition coefficient (Wildman–Crippen LogP) is 1.04. The quantitative estimate of drug-likeness (QED) is 0.523. The maximum Gasteiger partial charge on any atom is 0.0955 e. The fraction of sp³-hybridized carbons (Fsp3) is 0.857. The third-order valence-electron chi connectivity index (χ3n) is 1.77. The van der Waals surface area contributed by atoms with Gasteiger partial charge in [0.1, 0.15) is 0 Å². The van der Waals surface area contributed by atoms with Crippen LogP contribution in [-0.2, 0) is 0 Å². The molecule has 1 N–H and O–H groups in total. The summed E-state index contributed by atoms with van der Waals surface area (Å²) in [6.07, 6.45) is 3.45. The molecule has 1 heterocycles. The van der Waals surface area contributed by atoms with E-state index in [-0.39, 0.29) is 6.04 Å². The van der Waals surface area contributed by atoms with Gasteiger partial charge in [0, 0.05) is 6.04 Å². The van der Waals surface area contributed by atoms with Gasteiger partial charge in [-0.1, -0.05) is 0 Å². The smallest absolute Gasteiger partial charge is 0.0955 e. The molecule has 0 aliphatic carbocycles. The van der Waals surface area contributed by atoms with Gasteiger partial charge >= 0.3 is 0 Å². The van der Waals surface area contributed by atoms with Crippen molar-refractivity contribution in [2.75, 3.05) is 0 Å². The highest BCUT2D eigenvalue weighted by molar-refractivity contribution is 4.93. The first-order valence-corrected chi connectivity index (χ1v) is 3.48. The van der Waals surface area contributed by atoms with E-state index >= 15 is 0 Å². The first-order valence-electron chi connectivity index (χ1n) is 3.48. The molecule has 1 saturated heterocycles. The van der Waals surface area contributed by atoms with Crippen molar-refractivity contribution in [3.05, 3.63) is 0 Å². The van der Waals surface area contributed by atoms with Crippen molar-refractivity contribution in [3.63, 3.8) is 0 Å². The van der Waals surface area contributed by atoms with Crippen molar-refractivity contribution in [2.45, 2.75) is 38.3 Å². The number of rotatable bonds is 0. The normalized spacial score (nSPS) is 35.6. The Morgan fingerprint density at radius 1 is 1.56 bits per heavy atom. The Bertz CT molecular complexity index is 125. The maximum atomic E-state index is 8.50. The van der Waals surface area contributed by atoms with Crippen LogP contribution in [0.2, 0.25) is 0 Å². The second-order valence-electron chi connectivity index (χ2n) is 2.68. The molecule has 0 aromatic heterocycles. The van der Waals surface area contributed by atoms with E-state index in [0.717, 1.165) is 6.42 Å². The first kappa shape index (κ1) is 6.57. The second kappa shape index (κ2) is 2.84.